The minimum absolute atomic E-state index is 0.202. The van der Waals surface area contributed by atoms with Crippen LogP contribution >= 0.6 is 0 Å². The summed E-state index contributed by atoms with van der Waals surface area (Å²) in [4.78, 5) is 20.6. The Morgan fingerprint density at radius 2 is 2.29 bits per heavy atom. The van der Waals surface area contributed by atoms with Crippen molar-refractivity contribution in [2.45, 2.75) is 0 Å². The second-order valence-corrected chi connectivity index (χ2v) is 2.58. The van der Waals surface area contributed by atoms with E-state index in [1.54, 1.807) is 19.2 Å². The second kappa shape index (κ2) is 4.32. The monoisotopic (exact) mass is 189 g/mol. The molecule has 0 aromatic carbocycles. The van der Waals surface area contributed by atoms with E-state index in [0.29, 0.717) is 11.5 Å². The van der Waals surface area contributed by atoms with Crippen molar-refractivity contribution < 1.29 is 4.79 Å². The molecule has 0 unspecified atom stereocenters. The third kappa shape index (κ3) is 1.85. The first-order valence-corrected chi connectivity index (χ1v) is 4.04. The first-order valence-electron chi connectivity index (χ1n) is 4.04. The van der Waals surface area contributed by atoms with E-state index in [-0.39, 0.29) is 5.91 Å². The van der Waals surface area contributed by atoms with E-state index >= 15 is 0 Å². The number of rotatable bonds is 2. The summed E-state index contributed by atoms with van der Waals surface area (Å²) < 4.78 is 0. The third-order valence-corrected chi connectivity index (χ3v) is 1.68. The van der Waals surface area contributed by atoms with Crippen LogP contribution in [0.3, 0.4) is 0 Å². The van der Waals surface area contributed by atoms with Gasteiger partial charge in [0.2, 0.25) is 0 Å². The van der Waals surface area contributed by atoms with Gasteiger partial charge in [-0.2, -0.15) is 0 Å². The van der Waals surface area contributed by atoms with Crippen molar-refractivity contribution in [2.24, 2.45) is 9.98 Å². The summed E-state index contributed by atoms with van der Waals surface area (Å²) in [5.74, 6) is 0.277. The number of likely N-dealkylation sites (N-methyl/N-ethyl adjacent to an activating group) is 1. The van der Waals surface area contributed by atoms with Gasteiger partial charge in [-0.25, -0.2) is 9.98 Å². The molecule has 0 N–H and O–H groups in total. The summed E-state index contributed by atoms with van der Waals surface area (Å²) in [6.07, 6.45) is 5.89. The largest absolute Gasteiger partial charge is 0.293 e. The average Bonchev–Trinajstić information content (AvgIpc) is 2.18. The van der Waals surface area contributed by atoms with Crippen LogP contribution in [0.2, 0.25) is 0 Å². The van der Waals surface area contributed by atoms with Crippen molar-refractivity contribution in [1.82, 2.24) is 4.90 Å². The zero-order valence-electron chi connectivity index (χ0n) is 7.97. The van der Waals surface area contributed by atoms with Gasteiger partial charge in [-0.1, -0.05) is 19.2 Å². The van der Waals surface area contributed by atoms with Crippen molar-refractivity contribution in [3.63, 3.8) is 0 Å². The molecule has 1 aliphatic heterocycles. The van der Waals surface area contributed by atoms with Crippen LogP contribution in [-0.4, -0.2) is 29.9 Å². The molecule has 0 aromatic heterocycles. The van der Waals surface area contributed by atoms with Crippen LogP contribution in [0.15, 0.2) is 47.2 Å². The SMILES string of the molecule is C=C/C=C1/N=CC(=O)N(C)/C1=N/C=C. The molecule has 0 bridgehead atoms. The molecule has 0 atom stereocenters. The van der Waals surface area contributed by atoms with Crippen molar-refractivity contribution >= 4 is 18.0 Å². The van der Waals surface area contributed by atoms with Crippen molar-refractivity contribution in [1.29, 1.82) is 0 Å². The lowest BCUT2D eigenvalue weighted by atomic mass is 10.3. The number of aliphatic imine (C=N–C) groups is 2. The van der Waals surface area contributed by atoms with Gasteiger partial charge in [-0.05, 0) is 6.08 Å². The maximum atomic E-state index is 11.2. The lowest BCUT2D eigenvalue weighted by Gasteiger charge is -2.20. The number of amides is 1. The van der Waals surface area contributed by atoms with Gasteiger partial charge >= 0.3 is 0 Å². The van der Waals surface area contributed by atoms with E-state index in [2.05, 4.69) is 23.1 Å². The Morgan fingerprint density at radius 3 is 2.86 bits per heavy atom. The molecular formula is C10H11N3O. The van der Waals surface area contributed by atoms with Gasteiger partial charge in [0.15, 0.2) is 5.84 Å². The maximum Gasteiger partial charge on any atom is 0.270 e. The molecule has 4 heteroatoms. The number of carbonyl (C=O) groups is 1. The van der Waals surface area contributed by atoms with E-state index in [4.69, 9.17) is 0 Å². The third-order valence-electron chi connectivity index (χ3n) is 1.68. The molecule has 4 nitrogen and oxygen atoms in total. The van der Waals surface area contributed by atoms with E-state index in [1.807, 2.05) is 0 Å². The summed E-state index contributed by atoms with van der Waals surface area (Å²) in [6.45, 7) is 7.04. The van der Waals surface area contributed by atoms with Gasteiger partial charge in [-0.3, -0.25) is 9.69 Å². The average molecular weight is 189 g/mol. The van der Waals surface area contributed by atoms with Crippen LogP contribution in [0.25, 0.3) is 0 Å². The fraction of sp³-hybridized carbons (Fsp3) is 0.100. The smallest absolute Gasteiger partial charge is 0.270 e. The van der Waals surface area contributed by atoms with Gasteiger partial charge in [0.1, 0.15) is 5.70 Å². The molecule has 1 rings (SSSR count). The Labute approximate surface area is 82.7 Å². The molecule has 72 valence electrons. The number of allylic oxidation sites excluding steroid dienone is 2. The van der Waals surface area contributed by atoms with Crippen LogP contribution in [-0.2, 0) is 4.79 Å². The quantitative estimate of drug-likeness (QED) is 0.642. The molecule has 0 aromatic rings. The van der Waals surface area contributed by atoms with Crippen molar-refractivity contribution in [3.05, 3.63) is 37.2 Å². The summed E-state index contributed by atoms with van der Waals surface area (Å²) in [7, 11) is 1.63. The Balaban J connectivity index is 3.19. The van der Waals surface area contributed by atoms with E-state index < -0.39 is 0 Å². The number of amidine groups is 1. The number of hydrogen-bond donors (Lipinski definition) is 0. The van der Waals surface area contributed by atoms with Gasteiger partial charge in [0, 0.05) is 13.2 Å². The van der Waals surface area contributed by atoms with Crippen LogP contribution in [0.1, 0.15) is 0 Å². The number of carbonyl (C=O) groups excluding carboxylic acids is 1. The fourth-order valence-electron chi connectivity index (χ4n) is 1.01. The van der Waals surface area contributed by atoms with Gasteiger partial charge in [0.05, 0.1) is 6.21 Å². The molecule has 1 aliphatic rings. The normalized spacial score (nSPS) is 21.8. The number of nitrogens with zero attached hydrogens (tertiary/aromatic N) is 3. The predicted molar refractivity (Wildman–Crippen MR) is 57.2 cm³/mol. The highest BCUT2D eigenvalue weighted by Gasteiger charge is 2.20. The first-order chi connectivity index (χ1) is 6.70. The molecule has 0 spiro atoms. The zero-order chi connectivity index (χ0) is 10.6. The minimum Gasteiger partial charge on any atom is -0.293 e. The highest BCUT2D eigenvalue weighted by molar-refractivity contribution is 6.34. The summed E-state index contributed by atoms with van der Waals surface area (Å²) in [6, 6.07) is 0. The summed E-state index contributed by atoms with van der Waals surface area (Å²) in [5, 5.41) is 0. The van der Waals surface area contributed by atoms with E-state index in [1.165, 1.54) is 17.3 Å². The van der Waals surface area contributed by atoms with E-state index in [9.17, 15) is 4.79 Å². The Kier molecular flexibility index (Phi) is 3.12. The molecule has 1 heterocycles. The van der Waals surface area contributed by atoms with Crippen molar-refractivity contribution in [3.8, 4) is 0 Å². The lowest BCUT2D eigenvalue weighted by Crippen LogP contribution is -2.37. The van der Waals surface area contributed by atoms with Gasteiger partial charge in [0.25, 0.3) is 5.91 Å². The highest BCUT2D eigenvalue weighted by atomic mass is 16.2. The molecule has 0 fully saturated rings. The summed E-state index contributed by atoms with van der Waals surface area (Å²) in [5.41, 5.74) is 0.599. The minimum atomic E-state index is -0.202. The predicted octanol–water partition coefficient (Wildman–Crippen LogP) is 1.14. The molecule has 0 aliphatic carbocycles. The molecule has 0 saturated heterocycles. The maximum absolute atomic E-state index is 11.2. The molecular weight excluding hydrogens is 178 g/mol. The first kappa shape index (κ1) is 10.1. The van der Waals surface area contributed by atoms with Gasteiger partial charge < -0.3 is 0 Å². The molecule has 14 heavy (non-hydrogen) atoms. The number of hydrogen-bond acceptors (Lipinski definition) is 3. The summed E-state index contributed by atoms with van der Waals surface area (Å²) >= 11 is 0. The molecule has 1 amide bonds. The van der Waals surface area contributed by atoms with E-state index in [0.717, 1.165) is 0 Å². The molecule has 0 saturated carbocycles. The Hall–Kier alpha value is -1.97. The van der Waals surface area contributed by atoms with Gasteiger partial charge in [-0.15, -0.1) is 0 Å². The lowest BCUT2D eigenvalue weighted by molar-refractivity contribution is -0.119. The Morgan fingerprint density at radius 1 is 1.57 bits per heavy atom. The fourth-order valence-corrected chi connectivity index (χ4v) is 1.01. The van der Waals surface area contributed by atoms with Crippen LogP contribution in [0, 0.1) is 0 Å². The van der Waals surface area contributed by atoms with Crippen LogP contribution < -0.4 is 0 Å². The highest BCUT2D eigenvalue weighted by Crippen LogP contribution is 2.09. The topological polar surface area (TPSA) is 45.0 Å². The van der Waals surface area contributed by atoms with Crippen LogP contribution in [0.5, 0.6) is 0 Å². The second-order valence-electron chi connectivity index (χ2n) is 2.58. The Bertz CT molecular complexity index is 364. The zero-order valence-corrected chi connectivity index (χ0v) is 7.97. The van der Waals surface area contributed by atoms with Crippen LogP contribution in [0.4, 0.5) is 0 Å². The standard InChI is InChI=1S/C10H11N3O/c1-4-6-8-10(11-5-2)13(3)9(14)7-12-8/h4-7H,1-2H2,3H3/b8-6+,11-10+. The molecule has 0 radical (unpaired) electrons. The van der Waals surface area contributed by atoms with Crippen molar-refractivity contribution in [2.75, 3.05) is 7.05 Å².